The monoisotopic (exact) mass is 384 g/mol. The molecule has 3 rings (SSSR count). The molecule has 1 aliphatic carbocycles. The molecule has 2 aromatic rings. The number of halogens is 2. The van der Waals surface area contributed by atoms with E-state index in [4.69, 9.17) is 4.74 Å². The number of hydrogen-bond donors (Lipinski definition) is 1. The number of rotatable bonds is 5. The summed E-state index contributed by atoms with van der Waals surface area (Å²) >= 11 is 2.19. The number of pyridine rings is 1. The molecule has 1 N–H and O–H groups in total. The zero-order valence-corrected chi connectivity index (χ0v) is 12.9. The molecule has 20 heavy (non-hydrogen) atoms. The van der Waals surface area contributed by atoms with Crippen LogP contribution in [0.4, 0.5) is 4.39 Å². The maximum atomic E-state index is 14.3. The lowest BCUT2D eigenvalue weighted by molar-refractivity contribution is 0.417. The van der Waals surface area contributed by atoms with Crippen LogP contribution in [0, 0.1) is 9.39 Å². The summed E-state index contributed by atoms with van der Waals surface area (Å²) in [5.74, 6) is 0.234. The van der Waals surface area contributed by atoms with Gasteiger partial charge in [0.25, 0.3) is 5.88 Å². The average Bonchev–Trinajstić information content (AvgIpc) is 3.24. The number of nitrogens with zero attached hydrogens (tertiary/aromatic N) is 1. The van der Waals surface area contributed by atoms with E-state index in [1.54, 1.807) is 18.3 Å². The first kappa shape index (κ1) is 13.8. The van der Waals surface area contributed by atoms with Crippen LogP contribution < -0.4 is 10.1 Å². The van der Waals surface area contributed by atoms with Crippen LogP contribution in [0.5, 0.6) is 11.6 Å². The van der Waals surface area contributed by atoms with E-state index in [0.29, 0.717) is 23.9 Å². The van der Waals surface area contributed by atoms with Crippen LogP contribution in [0.25, 0.3) is 0 Å². The van der Waals surface area contributed by atoms with Gasteiger partial charge in [0, 0.05) is 27.9 Å². The van der Waals surface area contributed by atoms with E-state index in [-0.39, 0.29) is 11.7 Å². The normalized spacial score (nSPS) is 14.3. The Labute approximate surface area is 130 Å². The molecule has 0 amide bonds. The second-order valence-corrected chi connectivity index (χ2v) is 6.05. The maximum absolute atomic E-state index is 14.3. The van der Waals surface area contributed by atoms with Crippen molar-refractivity contribution >= 4 is 22.6 Å². The van der Waals surface area contributed by atoms with Gasteiger partial charge in [-0.1, -0.05) is 6.07 Å². The highest BCUT2D eigenvalue weighted by Crippen LogP contribution is 2.26. The van der Waals surface area contributed by atoms with Gasteiger partial charge in [-0.2, -0.15) is 0 Å². The Kier molecular flexibility index (Phi) is 4.16. The number of nitrogens with one attached hydrogen (secondary N) is 1. The fourth-order valence-corrected chi connectivity index (χ4v) is 2.37. The standard InChI is InChI=1S/C15H14FIN2O/c16-14-10(9-19-12-4-5-12)6-7-18-15(14)20-13-3-1-2-11(17)8-13/h1-3,6-8,12,19H,4-5,9H2. The van der Waals surface area contributed by atoms with Crippen molar-refractivity contribution in [2.75, 3.05) is 0 Å². The van der Waals surface area contributed by atoms with Crippen LogP contribution in [0.15, 0.2) is 36.5 Å². The van der Waals surface area contributed by atoms with Gasteiger partial charge in [-0.05, 0) is 59.7 Å². The molecule has 5 heteroatoms. The molecule has 0 aliphatic heterocycles. The van der Waals surface area contributed by atoms with Crippen LogP contribution in [-0.4, -0.2) is 11.0 Å². The van der Waals surface area contributed by atoms with Crippen LogP contribution in [0.3, 0.4) is 0 Å². The Hall–Kier alpha value is -1.21. The van der Waals surface area contributed by atoms with E-state index in [1.807, 2.05) is 18.2 Å². The average molecular weight is 384 g/mol. The molecule has 1 aromatic carbocycles. The zero-order valence-electron chi connectivity index (χ0n) is 10.8. The van der Waals surface area contributed by atoms with Crippen molar-refractivity contribution in [1.29, 1.82) is 0 Å². The largest absolute Gasteiger partial charge is 0.436 e. The highest BCUT2D eigenvalue weighted by molar-refractivity contribution is 14.1. The summed E-state index contributed by atoms with van der Waals surface area (Å²) in [6, 6.07) is 9.69. The van der Waals surface area contributed by atoms with Crippen LogP contribution >= 0.6 is 22.6 Å². The smallest absolute Gasteiger partial charge is 0.256 e. The number of ether oxygens (including phenoxy) is 1. The Morgan fingerprint density at radius 2 is 2.20 bits per heavy atom. The molecule has 0 saturated heterocycles. The molecule has 3 nitrogen and oxygen atoms in total. The van der Waals surface area contributed by atoms with E-state index < -0.39 is 0 Å². The predicted octanol–water partition coefficient (Wildman–Crippen LogP) is 3.87. The van der Waals surface area contributed by atoms with E-state index in [1.165, 1.54) is 12.8 Å². The number of hydrogen-bond acceptors (Lipinski definition) is 3. The lowest BCUT2D eigenvalue weighted by atomic mass is 10.2. The Morgan fingerprint density at radius 1 is 1.35 bits per heavy atom. The highest BCUT2D eigenvalue weighted by atomic mass is 127. The summed E-state index contributed by atoms with van der Waals surface area (Å²) < 4.78 is 20.9. The second-order valence-electron chi connectivity index (χ2n) is 4.80. The van der Waals surface area contributed by atoms with Gasteiger partial charge in [0.15, 0.2) is 5.82 Å². The third-order valence-electron chi connectivity index (χ3n) is 3.11. The quantitative estimate of drug-likeness (QED) is 0.795. The van der Waals surface area contributed by atoms with Gasteiger partial charge in [-0.3, -0.25) is 0 Å². The molecule has 0 atom stereocenters. The Balaban J connectivity index is 1.76. The molecule has 0 spiro atoms. The van der Waals surface area contributed by atoms with E-state index in [9.17, 15) is 4.39 Å². The van der Waals surface area contributed by atoms with Crippen LogP contribution in [0.2, 0.25) is 0 Å². The summed E-state index contributed by atoms with van der Waals surface area (Å²) in [4.78, 5) is 3.98. The lowest BCUT2D eigenvalue weighted by Gasteiger charge is -2.09. The molecule has 1 aliphatic rings. The van der Waals surface area contributed by atoms with Crippen LogP contribution in [-0.2, 0) is 6.54 Å². The van der Waals surface area contributed by atoms with Gasteiger partial charge in [-0.25, -0.2) is 9.37 Å². The van der Waals surface area contributed by atoms with Crippen molar-refractivity contribution in [3.8, 4) is 11.6 Å². The third-order valence-corrected chi connectivity index (χ3v) is 3.78. The fourth-order valence-electron chi connectivity index (χ4n) is 1.85. The minimum absolute atomic E-state index is 0.0297. The van der Waals surface area contributed by atoms with Gasteiger partial charge in [0.1, 0.15) is 5.75 Å². The van der Waals surface area contributed by atoms with E-state index >= 15 is 0 Å². The molecule has 1 fully saturated rings. The third kappa shape index (κ3) is 3.46. The van der Waals surface area contributed by atoms with E-state index in [2.05, 4.69) is 32.9 Å². The predicted molar refractivity (Wildman–Crippen MR) is 83.3 cm³/mol. The van der Waals surface area contributed by atoms with E-state index in [0.717, 1.165) is 3.57 Å². The minimum Gasteiger partial charge on any atom is -0.436 e. The van der Waals surface area contributed by atoms with Gasteiger partial charge in [-0.15, -0.1) is 0 Å². The fraction of sp³-hybridized carbons (Fsp3) is 0.267. The molecular weight excluding hydrogens is 370 g/mol. The zero-order chi connectivity index (χ0) is 13.9. The maximum Gasteiger partial charge on any atom is 0.256 e. The summed E-state index contributed by atoms with van der Waals surface area (Å²) in [7, 11) is 0. The Bertz CT molecular complexity index is 617. The first-order valence-electron chi connectivity index (χ1n) is 6.52. The van der Waals surface area contributed by atoms with Crippen molar-refractivity contribution < 1.29 is 9.13 Å². The van der Waals surface area contributed by atoms with Gasteiger partial charge in [0.2, 0.25) is 0 Å². The number of benzene rings is 1. The minimum atomic E-state index is -0.389. The second kappa shape index (κ2) is 6.05. The molecule has 0 bridgehead atoms. The topological polar surface area (TPSA) is 34.2 Å². The van der Waals surface area contributed by atoms with Crippen molar-refractivity contribution in [3.63, 3.8) is 0 Å². The highest BCUT2D eigenvalue weighted by Gasteiger charge is 2.21. The summed E-state index contributed by atoms with van der Waals surface area (Å²) in [6.45, 7) is 0.516. The molecule has 1 saturated carbocycles. The molecular formula is C15H14FIN2O. The first-order chi connectivity index (χ1) is 9.72. The molecule has 104 valence electrons. The summed E-state index contributed by atoms with van der Waals surface area (Å²) in [5, 5.41) is 3.29. The van der Waals surface area contributed by atoms with Gasteiger partial charge >= 0.3 is 0 Å². The first-order valence-corrected chi connectivity index (χ1v) is 7.60. The lowest BCUT2D eigenvalue weighted by Crippen LogP contribution is -2.16. The van der Waals surface area contributed by atoms with Crippen molar-refractivity contribution in [2.24, 2.45) is 0 Å². The molecule has 0 unspecified atom stereocenters. The number of aromatic nitrogens is 1. The van der Waals surface area contributed by atoms with Gasteiger partial charge in [0.05, 0.1) is 0 Å². The van der Waals surface area contributed by atoms with Crippen molar-refractivity contribution in [1.82, 2.24) is 10.3 Å². The van der Waals surface area contributed by atoms with Gasteiger partial charge < -0.3 is 10.1 Å². The SMILES string of the molecule is Fc1c(CNC2CC2)ccnc1Oc1cccc(I)c1. The van der Waals surface area contributed by atoms with Crippen molar-refractivity contribution in [2.45, 2.75) is 25.4 Å². The molecule has 0 radical (unpaired) electrons. The molecule has 1 heterocycles. The summed E-state index contributed by atoms with van der Waals surface area (Å²) in [6.07, 6.45) is 3.94. The van der Waals surface area contributed by atoms with Crippen LogP contribution in [0.1, 0.15) is 18.4 Å². The molecule has 1 aromatic heterocycles. The van der Waals surface area contributed by atoms with Crippen molar-refractivity contribution in [3.05, 3.63) is 51.5 Å². The summed E-state index contributed by atoms with van der Waals surface area (Å²) in [5.41, 5.74) is 0.590. The Morgan fingerprint density at radius 3 is 2.95 bits per heavy atom.